The third-order valence-corrected chi connectivity index (χ3v) is 2.70. The topological polar surface area (TPSA) is 55.5 Å². The van der Waals surface area contributed by atoms with Crippen molar-refractivity contribution in [3.63, 3.8) is 0 Å². The summed E-state index contributed by atoms with van der Waals surface area (Å²) in [5.74, 6) is 0.773. The van der Waals surface area contributed by atoms with Crippen molar-refractivity contribution in [2.24, 2.45) is 5.73 Å². The van der Waals surface area contributed by atoms with Crippen molar-refractivity contribution in [3.8, 4) is 5.75 Å². The van der Waals surface area contributed by atoms with E-state index in [1.54, 1.807) is 0 Å². The van der Waals surface area contributed by atoms with Crippen LogP contribution in [-0.4, -0.2) is 16.8 Å². The number of benzene rings is 1. The molecule has 0 fully saturated rings. The molecule has 1 aromatic carbocycles. The molecule has 0 spiro atoms. The molecule has 2 rings (SSSR count). The van der Waals surface area contributed by atoms with E-state index in [2.05, 4.69) is 0 Å². The van der Waals surface area contributed by atoms with E-state index < -0.39 is 11.7 Å². The van der Waals surface area contributed by atoms with Crippen molar-refractivity contribution in [3.05, 3.63) is 29.8 Å². The van der Waals surface area contributed by atoms with Crippen LogP contribution in [0.15, 0.2) is 24.3 Å². The Labute approximate surface area is 83.5 Å². The van der Waals surface area contributed by atoms with Crippen molar-refractivity contribution < 1.29 is 9.84 Å². The molecule has 2 unspecified atom stereocenters. The molecular formula is C11H15NO2. The second kappa shape index (κ2) is 2.97. The fraction of sp³-hybridized carbons (Fsp3) is 0.455. The first-order valence-electron chi connectivity index (χ1n) is 4.74. The summed E-state index contributed by atoms with van der Waals surface area (Å²) in [6, 6.07) is 7.20. The Morgan fingerprint density at radius 3 is 2.71 bits per heavy atom. The summed E-state index contributed by atoms with van der Waals surface area (Å²) in [6.07, 6.45) is -0.669. The van der Waals surface area contributed by atoms with E-state index in [1.165, 1.54) is 0 Å². The van der Waals surface area contributed by atoms with Gasteiger partial charge in [-0.2, -0.15) is 0 Å². The van der Waals surface area contributed by atoms with Crippen LogP contribution in [0.5, 0.6) is 5.75 Å². The van der Waals surface area contributed by atoms with Gasteiger partial charge in [0, 0.05) is 5.56 Å². The third kappa shape index (κ3) is 1.29. The van der Waals surface area contributed by atoms with E-state index in [1.807, 2.05) is 38.1 Å². The van der Waals surface area contributed by atoms with Crippen LogP contribution >= 0.6 is 0 Å². The molecule has 2 atom stereocenters. The molecule has 1 heterocycles. The number of para-hydroxylation sites is 1. The molecule has 14 heavy (non-hydrogen) atoms. The SMILES string of the molecule is CC1(C)Oc2ccccc2C(N)C1O. The van der Waals surface area contributed by atoms with Crippen LogP contribution in [0.4, 0.5) is 0 Å². The number of hydrogen-bond donors (Lipinski definition) is 2. The second-order valence-corrected chi connectivity index (χ2v) is 4.21. The van der Waals surface area contributed by atoms with Gasteiger partial charge in [0.25, 0.3) is 0 Å². The highest BCUT2D eigenvalue weighted by Gasteiger charge is 2.40. The Morgan fingerprint density at radius 2 is 2.00 bits per heavy atom. The van der Waals surface area contributed by atoms with Gasteiger partial charge in [0.2, 0.25) is 0 Å². The van der Waals surface area contributed by atoms with Gasteiger partial charge in [0.1, 0.15) is 17.5 Å². The molecule has 3 N–H and O–H groups in total. The van der Waals surface area contributed by atoms with E-state index in [9.17, 15) is 5.11 Å². The van der Waals surface area contributed by atoms with Gasteiger partial charge < -0.3 is 15.6 Å². The Morgan fingerprint density at radius 1 is 1.36 bits per heavy atom. The number of nitrogens with two attached hydrogens (primary N) is 1. The van der Waals surface area contributed by atoms with Gasteiger partial charge in [-0.1, -0.05) is 18.2 Å². The standard InChI is InChI=1S/C11H15NO2/c1-11(2)10(13)9(12)7-5-3-4-6-8(7)14-11/h3-6,9-10,13H,12H2,1-2H3. The van der Waals surface area contributed by atoms with Crippen LogP contribution in [-0.2, 0) is 0 Å². The summed E-state index contributed by atoms with van der Waals surface area (Å²) in [5, 5.41) is 9.90. The minimum atomic E-state index is -0.669. The molecule has 0 radical (unpaired) electrons. The molecule has 1 aromatic rings. The minimum absolute atomic E-state index is 0.366. The Bertz CT molecular complexity index is 349. The molecule has 1 aliphatic rings. The number of aliphatic hydroxyl groups is 1. The van der Waals surface area contributed by atoms with E-state index >= 15 is 0 Å². The van der Waals surface area contributed by atoms with Crippen molar-refractivity contribution in [1.29, 1.82) is 0 Å². The Hall–Kier alpha value is -1.06. The number of rotatable bonds is 0. The van der Waals surface area contributed by atoms with E-state index in [-0.39, 0.29) is 6.04 Å². The first-order valence-corrected chi connectivity index (χ1v) is 4.74. The van der Waals surface area contributed by atoms with Crippen LogP contribution in [0.25, 0.3) is 0 Å². The van der Waals surface area contributed by atoms with Crippen molar-refractivity contribution >= 4 is 0 Å². The van der Waals surface area contributed by atoms with Crippen LogP contribution in [0.1, 0.15) is 25.5 Å². The molecule has 3 heteroatoms. The molecule has 0 aromatic heterocycles. The molecular weight excluding hydrogens is 178 g/mol. The lowest BCUT2D eigenvalue weighted by atomic mass is 9.87. The lowest BCUT2D eigenvalue weighted by Crippen LogP contribution is -2.51. The number of ether oxygens (including phenoxy) is 1. The van der Waals surface area contributed by atoms with Crippen molar-refractivity contribution in [1.82, 2.24) is 0 Å². The highest BCUT2D eigenvalue weighted by Crippen LogP contribution is 2.37. The van der Waals surface area contributed by atoms with Gasteiger partial charge in [0.15, 0.2) is 0 Å². The second-order valence-electron chi connectivity index (χ2n) is 4.21. The largest absolute Gasteiger partial charge is 0.485 e. The van der Waals surface area contributed by atoms with Gasteiger partial charge in [0.05, 0.1) is 6.04 Å². The van der Waals surface area contributed by atoms with E-state index in [0.717, 1.165) is 11.3 Å². The fourth-order valence-corrected chi connectivity index (χ4v) is 1.80. The molecule has 3 nitrogen and oxygen atoms in total. The molecule has 76 valence electrons. The number of fused-ring (bicyclic) bond motifs is 1. The monoisotopic (exact) mass is 193 g/mol. The summed E-state index contributed by atoms with van der Waals surface area (Å²) in [6.45, 7) is 3.68. The Kier molecular flexibility index (Phi) is 2.01. The summed E-state index contributed by atoms with van der Waals surface area (Å²) < 4.78 is 5.67. The van der Waals surface area contributed by atoms with E-state index in [4.69, 9.17) is 10.5 Å². The first-order chi connectivity index (χ1) is 6.52. The predicted molar refractivity (Wildman–Crippen MR) is 54.1 cm³/mol. The van der Waals surface area contributed by atoms with Gasteiger partial charge in [-0.25, -0.2) is 0 Å². The summed E-state index contributed by atoms with van der Waals surface area (Å²) in [4.78, 5) is 0. The minimum Gasteiger partial charge on any atom is -0.485 e. The highest BCUT2D eigenvalue weighted by molar-refractivity contribution is 5.39. The summed E-state index contributed by atoms with van der Waals surface area (Å²) >= 11 is 0. The zero-order chi connectivity index (χ0) is 10.3. The number of hydrogen-bond acceptors (Lipinski definition) is 3. The van der Waals surface area contributed by atoms with Gasteiger partial charge in [-0.3, -0.25) is 0 Å². The lowest BCUT2D eigenvalue weighted by Gasteiger charge is -2.40. The van der Waals surface area contributed by atoms with Gasteiger partial charge in [-0.05, 0) is 19.9 Å². The number of aliphatic hydroxyl groups excluding tert-OH is 1. The third-order valence-electron chi connectivity index (χ3n) is 2.70. The van der Waals surface area contributed by atoms with Crippen molar-refractivity contribution in [2.75, 3.05) is 0 Å². The average Bonchev–Trinajstić information content (AvgIpc) is 2.14. The summed E-state index contributed by atoms with van der Waals surface area (Å²) in [5.41, 5.74) is 6.19. The normalized spacial score (nSPS) is 29.1. The maximum absolute atomic E-state index is 9.90. The maximum atomic E-state index is 9.90. The average molecular weight is 193 g/mol. The van der Waals surface area contributed by atoms with Crippen LogP contribution in [0, 0.1) is 0 Å². The highest BCUT2D eigenvalue weighted by atomic mass is 16.5. The molecule has 1 aliphatic heterocycles. The quantitative estimate of drug-likeness (QED) is 0.651. The zero-order valence-electron chi connectivity index (χ0n) is 8.40. The summed E-state index contributed by atoms with van der Waals surface area (Å²) in [7, 11) is 0. The lowest BCUT2D eigenvalue weighted by molar-refractivity contribution is -0.0571. The van der Waals surface area contributed by atoms with Crippen LogP contribution in [0.3, 0.4) is 0 Å². The smallest absolute Gasteiger partial charge is 0.131 e. The predicted octanol–water partition coefficient (Wildman–Crippen LogP) is 1.22. The first kappa shape index (κ1) is 9.49. The zero-order valence-corrected chi connectivity index (χ0v) is 8.40. The fourth-order valence-electron chi connectivity index (χ4n) is 1.80. The maximum Gasteiger partial charge on any atom is 0.131 e. The molecule has 0 saturated heterocycles. The van der Waals surface area contributed by atoms with Crippen LogP contribution in [0.2, 0.25) is 0 Å². The van der Waals surface area contributed by atoms with E-state index in [0.29, 0.717) is 0 Å². The molecule has 0 aliphatic carbocycles. The molecule has 0 saturated carbocycles. The van der Waals surface area contributed by atoms with Gasteiger partial charge >= 0.3 is 0 Å². The molecule has 0 bridgehead atoms. The van der Waals surface area contributed by atoms with Crippen molar-refractivity contribution in [2.45, 2.75) is 31.6 Å². The Balaban J connectivity index is 2.48. The molecule has 0 amide bonds. The van der Waals surface area contributed by atoms with Gasteiger partial charge in [-0.15, -0.1) is 0 Å². The van der Waals surface area contributed by atoms with Crippen LogP contribution < -0.4 is 10.5 Å².